The summed E-state index contributed by atoms with van der Waals surface area (Å²) in [7, 11) is 0. The van der Waals surface area contributed by atoms with E-state index < -0.39 is 17.3 Å². The summed E-state index contributed by atoms with van der Waals surface area (Å²) in [5.74, 6) is 3.58. The summed E-state index contributed by atoms with van der Waals surface area (Å²) in [4.78, 5) is 14.3. The first-order valence-corrected chi connectivity index (χ1v) is 11.8. The highest BCUT2D eigenvalue weighted by Crippen LogP contribution is 2.39. The molecular weight excluding hydrogens is 475 g/mol. The Balaban J connectivity index is 1.49. The van der Waals surface area contributed by atoms with Crippen LogP contribution < -0.4 is 11.3 Å². The summed E-state index contributed by atoms with van der Waals surface area (Å²) < 4.78 is 42.4. The zero-order valence-corrected chi connectivity index (χ0v) is 20.0. The van der Waals surface area contributed by atoms with Crippen molar-refractivity contribution in [1.82, 2.24) is 10.3 Å². The van der Waals surface area contributed by atoms with Crippen LogP contribution in [-0.4, -0.2) is 29.6 Å². The van der Waals surface area contributed by atoms with Crippen LogP contribution in [-0.2, 0) is 6.42 Å². The summed E-state index contributed by atoms with van der Waals surface area (Å²) in [5.41, 5.74) is 3.20. The van der Waals surface area contributed by atoms with Crippen molar-refractivity contribution < 1.29 is 18.0 Å². The Labute approximate surface area is 207 Å². The van der Waals surface area contributed by atoms with Gasteiger partial charge in [0.25, 0.3) is 5.91 Å². The number of nitrogens with zero attached hydrogens (tertiary/aromatic N) is 1. The lowest BCUT2D eigenvalue weighted by Crippen LogP contribution is -2.50. The van der Waals surface area contributed by atoms with Gasteiger partial charge >= 0.3 is 0 Å². The van der Waals surface area contributed by atoms with Crippen molar-refractivity contribution in [3.63, 3.8) is 0 Å². The second kappa shape index (κ2) is 10.4. The first-order valence-electron chi connectivity index (χ1n) is 11.4. The topological polar surface area (TPSA) is 58.4 Å². The van der Waals surface area contributed by atoms with Crippen LogP contribution in [0.5, 0.6) is 0 Å². The van der Waals surface area contributed by atoms with Gasteiger partial charge in [-0.25, -0.2) is 19.0 Å². The number of halogens is 4. The third-order valence-corrected chi connectivity index (χ3v) is 6.59. The molecule has 184 valence electrons. The fraction of sp³-hybridized carbons (Fsp3) is 0.296. The van der Waals surface area contributed by atoms with E-state index in [0.29, 0.717) is 29.2 Å². The van der Waals surface area contributed by atoms with E-state index >= 15 is 4.39 Å². The molecule has 3 aromatic rings. The fourth-order valence-corrected chi connectivity index (χ4v) is 5.08. The number of hydrogen-bond donors (Lipinski definition) is 2. The zero-order valence-electron chi connectivity index (χ0n) is 19.3. The molecule has 1 fully saturated rings. The van der Waals surface area contributed by atoms with Gasteiger partial charge in [0.05, 0.1) is 6.04 Å². The number of hydrogen-bond acceptors (Lipinski definition) is 3. The molecule has 4 rings (SSSR count). The molecule has 2 atom stereocenters. The number of nitrogens with one attached hydrogen (secondary N) is 1. The number of carbonyl (C=O) groups is 1. The Morgan fingerprint density at radius 1 is 1.09 bits per heavy atom. The van der Waals surface area contributed by atoms with Crippen LogP contribution in [0, 0.1) is 17.6 Å². The van der Waals surface area contributed by atoms with Gasteiger partial charge in [0.15, 0.2) is 0 Å². The lowest BCUT2D eigenvalue weighted by molar-refractivity contribution is 0.0237. The maximum atomic E-state index is 15.4. The van der Waals surface area contributed by atoms with Crippen molar-refractivity contribution in [3.05, 3.63) is 106 Å². The van der Waals surface area contributed by atoms with Crippen molar-refractivity contribution in [2.75, 3.05) is 13.1 Å². The summed E-state index contributed by atoms with van der Waals surface area (Å²) in [6, 6.07) is 17.7. The van der Waals surface area contributed by atoms with Crippen molar-refractivity contribution in [2.45, 2.75) is 31.5 Å². The number of carbonyl (C=O) groups excluding carboxylic acids is 1. The van der Waals surface area contributed by atoms with Crippen molar-refractivity contribution in [2.24, 2.45) is 11.8 Å². The van der Waals surface area contributed by atoms with Gasteiger partial charge in [-0.2, -0.15) is 0 Å². The van der Waals surface area contributed by atoms with Crippen molar-refractivity contribution in [3.8, 4) is 0 Å². The summed E-state index contributed by atoms with van der Waals surface area (Å²) >= 11 is 6.09. The second-order valence-electron chi connectivity index (χ2n) is 9.44. The SMILES string of the molecule is CC(F)(Cc1cc(F)cc(F)c1)CC1CN(C(c2ccc(Cl)cc2)c2cccc(C(=O)NN)c2)C1. The number of amides is 1. The molecule has 2 unspecified atom stereocenters. The molecule has 3 N–H and O–H groups in total. The third kappa shape index (κ3) is 6.23. The Kier molecular flexibility index (Phi) is 7.50. The van der Waals surface area contributed by atoms with Gasteiger partial charge < -0.3 is 0 Å². The number of nitrogens with two attached hydrogens (primary N) is 1. The first-order chi connectivity index (χ1) is 16.6. The monoisotopic (exact) mass is 501 g/mol. The van der Waals surface area contributed by atoms with E-state index in [-0.39, 0.29) is 30.7 Å². The highest BCUT2D eigenvalue weighted by Gasteiger charge is 2.38. The van der Waals surface area contributed by atoms with Crippen LogP contribution in [0.25, 0.3) is 0 Å². The molecule has 8 heteroatoms. The van der Waals surface area contributed by atoms with E-state index in [4.69, 9.17) is 17.4 Å². The van der Waals surface area contributed by atoms with E-state index in [1.807, 2.05) is 30.3 Å². The maximum absolute atomic E-state index is 15.4. The standard InChI is InChI=1S/C27H27ClF3N3O/c1-27(31,13-17-9-23(29)12-24(30)10-17)14-18-15-34(16-18)25(19-5-7-22(28)8-6-19)20-3-2-4-21(11-20)26(35)33-32/h2-12,18,25H,13-16,32H2,1H3,(H,33,35). The highest BCUT2D eigenvalue weighted by atomic mass is 35.5. The number of benzene rings is 3. The van der Waals surface area contributed by atoms with E-state index in [2.05, 4.69) is 10.3 Å². The van der Waals surface area contributed by atoms with E-state index in [0.717, 1.165) is 17.2 Å². The van der Waals surface area contributed by atoms with Crippen molar-refractivity contribution >= 4 is 17.5 Å². The Hall–Kier alpha value is -2.87. The Morgan fingerprint density at radius 3 is 2.37 bits per heavy atom. The zero-order chi connectivity index (χ0) is 25.2. The number of rotatable bonds is 8. The van der Waals surface area contributed by atoms with Crippen LogP contribution in [0.3, 0.4) is 0 Å². The third-order valence-electron chi connectivity index (χ3n) is 6.34. The average molecular weight is 502 g/mol. The van der Waals surface area contributed by atoms with Crippen LogP contribution in [0.4, 0.5) is 13.2 Å². The predicted molar refractivity (Wildman–Crippen MR) is 131 cm³/mol. The molecule has 35 heavy (non-hydrogen) atoms. The van der Waals surface area contributed by atoms with Gasteiger partial charge in [0, 0.05) is 36.2 Å². The van der Waals surface area contributed by atoms with Gasteiger partial charge in [-0.3, -0.25) is 15.1 Å². The van der Waals surface area contributed by atoms with E-state index in [9.17, 15) is 13.6 Å². The molecule has 0 aromatic heterocycles. The highest BCUT2D eigenvalue weighted by molar-refractivity contribution is 6.30. The van der Waals surface area contributed by atoms with Gasteiger partial charge in [-0.05, 0) is 72.4 Å². The molecular formula is C27H27ClF3N3O. The van der Waals surface area contributed by atoms with Crippen LogP contribution in [0.2, 0.25) is 5.02 Å². The molecule has 0 bridgehead atoms. The van der Waals surface area contributed by atoms with Crippen LogP contribution >= 0.6 is 11.6 Å². The smallest absolute Gasteiger partial charge is 0.265 e. The predicted octanol–water partition coefficient (Wildman–Crippen LogP) is 5.60. The Morgan fingerprint density at radius 2 is 1.74 bits per heavy atom. The molecule has 0 saturated carbocycles. The minimum Gasteiger partial charge on any atom is -0.292 e. The molecule has 1 saturated heterocycles. The molecule has 3 aromatic carbocycles. The molecule has 1 aliphatic heterocycles. The second-order valence-corrected chi connectivity index (χ2v) is 9.88. The molecule has 0 aliphatic carbocycles. The molecule has 0 radical (unpaired) electrons. The lowest BCUT2D eigenvalue weighted by Gasteiger charge is -2.46. The largest absolute Gasteiger partial charge is 0.292 e. The molecule has 0 spiro atoms. The molecule has 4 nitrogen and oxygen atoms in total. The fourth-order valence-electron chi connectivity index (χ4n) is 4.95. The average Bonchev–Trinajstić information content (AvgIpc) is 2.77. The summed E-state index contributed by atoms with van der Waals surface area (Å²) in [6.45, 7) is 2.75. The maximum Gasteiger partial charge on any atom is 0.265 e. The minimum absolute atomic E-state index is 0.0605. The Bertz CT molecular complexity index is 1180. The summed E-state index contributed by atoms with van der Waals surface area (Å²) in [5, 5.41) is 0.618. The number of hydrazine groups is 1. The van der Waals surface area contributed by atoms with E-state index in [1.54, 1.807) is 18.2 Å². The van der Waals surface area contributed by atoms with E-state index in [1.165, 1.54) is 19.1 Å². The van der Waals surface area contributed by atoms with Gasteiger partial charge in [0.2, 0.25) is 0 Å². The van der Waals surface area contributed by atoms with Gasteiger partial charge in [0.1, 0.15) is 17.3 Å². The first kappa shape index (κ1) is 25.2. The minimum atomic E-state index is -1.61. The quantitative estimate of drug-likeness (QED) is 0.240. The van der Waals surface area contributed by atoms with Gasteiger partial charge in [-0.1, -0.05) is 35.9 Å². The molecule has 1 aliphatic rings. The summed E-state index contributed by atoms with van der Waals surface area (Å²) in [6.07, 6.45) is 0.208. The lowest BCUT2D eigenvalue weighted by atomic mass is 9.82. The normalized spacial score (nSPS) is 16.9. The number of alkyl halides is 1. The van der Waals surface area contributed by atoms with Gasteiger partial charge in [-0.15, -0.1) is 0 Å². The number of likely N-dealkylation sites (tertiary alicyclic amines) is 1. The molecule has 1 heterocycles. The van der Waals surface area contributed by atoms with Crippen LogP contribution in [0.15, 0.2) is 66.7 Å². The van der Waals surface area contributed by atoms with Crippen LogP contribution in [0.1, 0.15) is 46.4 Å². The van der Waals surface area contributed by atoms with Crippen molar-refractivity contribution in [1.29, 1.82) is 0 Å². The number of nitrogen functional groups attached to an aromatic ring is 1. The molecule has 1 amide bonds.